The molecule has 3 nitrogen and oxygen atoms in total. The summed E-state index contributed by atoms with van der Waals surface area (Å²) in [6.45, 7) is 13.6. The average molecular weight is 284 g/mol. The number of aliphatic hydroxyl groups is 1. The summed E-state index contributed by atoms with van der Waals surface area (Å²) >= 11 is 1.81. The Kier molecular flexibility index (Phi) is 5.96. The smallest absolute Gasteiger partial charge is 0.0928 e. The monoisotopic (exact) mass is 284 g/mol. The highest BCUT2D eigenvalue weighted by Gasteiger charge is 2.22. The fourth-order valence-corrected chi connectivity index (χ4v) is 3.45. The van der Waals surface area contributed by atoms with Crippen LogP contribution in [0.3, 0.4) is 0 Å². The standard InChI is InChI=1S/C15H28N2OS/c1-7-13-17-12(4)14(19-13)11(3)16-9-15(5,6)8-10(2)18/h10-11,16,18H,7-9H2,1-6H3. The van der Waals surface area contributed by atoms with Gasteiger partial charge in [-0.15, -0.1) is 11.3 Å². The van der Waals surface area contributed by atoms with Crippen LogP contribution in [-0.4, -0.2) is 22.7 Å². The van der Waals surface area contributed by atoms with Gasteiger partial charge in [0.2, 0.25) is 0 Å². The lowest BCUT2D eigenvalue weighted by Gasteiger charge is -2.28. The molecule has 0 aromatic carbocycles. The van der Waals surface area contributed by atoms with Gasteiger partial charge in [0.15, 0.2) is 0 Å². The first-order chi connectivity index (χ1) is 8.75. The van der Waals surface area contributed by atoms with Crippen molar-refractivity contribution >= 4 is 11.3 Å². The zero-order valence-electron chi connectivity index (χ0n) is 13.1. The third-order valence-electron chi connectivity index (χ3n) is 3.31. The number of hydrogen-bond acceptors (Lipinski definition) is 4. The maximum absolute atomic E-state index is 9.51. The molecule has 2 unspecified atom stereocenters. The van der Waals surface area contributed by atoms with Crippen LogP contribution < -0.4 is 5.32 Å². The molecule has 0 aliphatic carbocycles. The van der Waals surface area contributed by atoms with E-state index in [-0.39, 0.29) is 11.5 Å². The highest BCUT2D eigenvalue weighted by Crippen LogP contribution is 2.27. The molecule has 0 saturated carbocycles. The lowest BCUT2D eigenvalue weighted by Crippen LogP contribution is -2.33. The van der Waals surface area contributed by atoms with Crippen LogP contribution in [-0.2, 0) is 6.42 Å². The molecule has 1 rings (SSSR count). The van der Waals surface area contributed by atoms with Crippen LogP contribution in [0.15, 0.2) is 0 Å². The first kappa shape index (κ1) is 16.6. The Hall–Kier alpha value is -0.450. The summed E-state index contributed by atoms with van der Waals surface area (Å²) in [5, 5.41) is 14.3. The van der Waals surface area contributed by atoms with Gasteiger partial charge in [-0.25, -0.2) is 4.98 Å². The van der Waals surface area contributed by atoms with Crippen LogP contribution in [0.1, 0.15) is 62.7 Å². The molecular weight excluding hydrogens is 256 g/mol. The van der Waals surface area contributed by atoms with Gasteiger partial charge in [0.05, 0.1) is 16.8 Å². The van der Waals surface area contributed by atoms with Crippen molar-refractivity contribution in [3.63, 3.8) is 0 Å². The summed E-state index contributed by atoms with van der Waals surface area (Å²) in [5.74, 6) is 0. The predicted molar refractivity (Wildman–Crippen MR) is 82.7 cm³/mol. The quantitative estimate of drug-likeness (QED) is 0.806. The second-order valence-corrected chi connectivity index (χ2v) is 7.35. The molecule has 0 amide bonds. The normalized spacial score (nSPS) is 15.5. The number of thiazole rings is 1. The average Bonchev–Trinajstić information content (AvgIpc) is 2.66. The van der Waals surface area contributed by atoms with Crippen molar-refractivity contribution in [3.8, 4) is 0 Å². The molecule has 1 heterocycles. The van der Waals surface area contributed by atoms with E-state index in [1.807, 2.05) is 18.3 Å². The Bertz CT molecular complexity index is 399. The molecule has 0 aliphatic rings. The van der Waals surface area contributed by atoms with E-state index in [1.165, 1.54) is 9.88 Å². The maximum Gasteiger partial charge on any atom is 0.0928 e. The van der Waals surface area contributed by atoms with Gasteiger partial charge in [-0.1, -0.05) is 20.8 Å². The van der Waals surface area contributed by atoms with E-state index < -0.39 is 0 Å². The van der Waals surface area contributed by atoms with E-state index in [9.17, 15) is 5.11 Å². The summed E-state index contributed by atoms with van der Waals surface area (Å²) in [5.41, 5.74) is 1.25. The lowest BCUT2D eigenvalue weighted by atomic mass is 9.87. The number of hydrogen-bond donors (Lipinski definition) is 2. The van der Waals surface area contributed by atoms with E-state index in [4.69, 9.17) is 0 Å². The van der Waals surface area contributed by atoms with E-state index in [0.29, 0.717) is 6.04 Å². The van der Waals surface area contributed by atoms with E-state index >= 15 is 0 Å². The number of aryl methyl sites for hydroxylation is 2. The Morgan fingerprint density at radius 2 is 2.00 bits per heavy atom. The zero-order chi connectivity index (χ0) is 14.6. The molecule has 0 fully saturated rings. The highest BCUT2D eigenvalue weighted by atomic mass is 32.1. The van der Waals surface area contributed by atoms with E-state index in [1.54, 1.807) is 0 Å². The van der Waals surface area contributed by atoms with Crippen molar-refractivity contribution in [2.75, 3.05) is 6.54 Å². The molecule has 2 atom stereocenters. The third kappa shape index (κ3) is 5.21. The summed E-state index contributed by atoms with van der Waals surface area (Å²) in [4.78, 5) is 5.92. The van der Waals surface area contributed by atoms with Crippen LogP contribution >= 0.6 is 11.3 Å². The topological polar surface area (TPSA) is 45.2 Å². The van der Waals surface area contributed by atoms with Crippen LogP contribution in [0.25, 0.3) is 0 Å². The Morgan fingerprint density at radius 3 is 2.47 bits per heavy atom. The second-order valence-electron chi connectivity index (χ2n) is 6.23. The second kappa shape index (κ2) is 6.82. The van der Waals surface area contributed by atoms with Gasteiger partial charge in [0.1, 0.15) is 0 Å². The fraction of sp³-hybridized carbons (Fsp3) is 0.800. The van der Waals surface area contributed by atoms with Crippen molar-refractivity contribution in [2.45, 2.75) is 66.5 Å². The third-order valence-corrected chi connectivity index (χ3v) is 4.79. The SMILES string of the molecule is CCc1nc(C)c(C(C)NCC(C)(C)CC(C)O)s1. The Labute approximate surface area is 121 Å². The fourth-order valence-electron chi connectivity index (χ4n) is 2.41. The minimum absolute atomic E-state index is 0.106. The lowest BCUT2D eigenvalue weighted by molar-refractivity contribution is 0.127. The largest absolute Gasteiger partial charge is 0.393 e. The van der Waals surface area contributed by atoms with Crippen molar-refractivity contribution in [3.05, 3.63) is 15.6 Å². The maximum atomic E-state index is 9.51. The molecule has 0 spiro atoms. The molecule has 110 valence electrons. The van der Waals surface area contributed by atoms with Crippen LogP contribution in [0.5, 0.6) is 0 Å². The number of aliphatic hydroxyl groups excluding tert-OH is 1. The zero-order valence-corrected chi connectivity index (χ0v) is 13.9. The number of rotatable bonds is 7. The molecule has 1 aromatic heterocycles. The minimum Gasteiger partial charge on any atom is -0.393 e. The Balaban J connectivity index is 2.59. The van der Waals surface area contributed by atoms with Gasteiger partial charge in [-0.05, 0) is 39.0 Å². The van der Waals surface area contributed by atoms with Gasteiger partial charge in [0.25, 0.3) is 0 Å². The van der Waals surface area contributed by atoms with Crippen LogP contribution in [0, 0.1) is 12.3 Å². The van der Waals surface area contributed by atoms with Crippen molar-refractivity contribution in [1.29, 1.82) is 0 Å². The number of nitrogens with zero attached hydrogens (tertiary/aromatic N) is 1. The molecule has 19 heavy (non-hydrogen) atoms. The summed E-state index contributed by atoms with van der Waals surface area (Å²) in [6.07, 6.45) is 1.57. The molecule has 0 aliphatic heterocycles. The molecular formula is C15H28N2OS. The Morgan fingerprint density at radius 1 is 1.37 bits per heavy atom. The van der Waals surface area contributed by atoms with Crippen LogP contribution in [0.2, 0.25) is 0 Å². The first-order valence-electron chi connectivity index (χ1n) is 7.13. The molecule has 0 saturated heterocycles. The summed E-state index contributed by atoms with van der Waals surface area (Å²) < 4.78 is 0. The molecule has 0 bridgehead atoms. The summed E-state index contributed by atoms with van der Waals surface area (Å²) in [7, 11) is 0. The molecule has 4 heteroatoms. The molecule has 0 radical (unpaired) electrons. The molecule has 1 aromatic rings. The van der Waals surface area contributed by atoms with Crippen molar-refractivity contribution < 1.29 is 5.11 Å². The number of aromatic nitrogens is 1. The van der Waals surface area contributed by atoms with Gasteiger partial charge in [-0.2, -0.15) is 0 Å². The van der Waals surface area contributed by atoms with E-state index in [0.717, 1.165) is 25.1 Å². The van der Waals surface area contributed by atoms with Gasteiger partial charge in [0, 0.05) is 17.5 Å². The van der Waals surface area contributed by atoms with Gasteiger partial charge < -0.3 is 10.4 Å². The van der Waals surface area contributed by atoms with Gasteiger partial charge in [-0.3, -0.25) is 0 Å². The summed E-state index contributed by atoms with van der Waals surface area (Å²) in [6, 6.07) is 0.325. The first-order valence-corrected chi connectivity index (χ1v) is 7.94. The van der Waals surface area contributed by atoms with Crippen molar-refractivity contribution in [2.24, 2.45) is 5.41 Å². The minimum atomic E-state index is -0.246. The molecule has 2 N–H and O–H groups in total. The number of nitrogens with one attached hydrogen (secondary N) is 1. The highest BCUT2D eigenvalue weighted by molar-refractivity contribution is 7.11. The van der Waals surface area contributed by atoms with E-state index in [2.05, 4.69) is 44.9 Å². The van der Waals surface area contributed by atoms with Crippen LogP contribution in [0.4, 0.5) is 0 Å². The van der Waals surface area contributed by atoms with Gasteiger partial charge >= 0.3 is 0 Å². The van der Waals surface area contributed by atoms with Crippen molar-refractivity contribution in [1.82, 2.24) is 10.3 Å². The predicted octanol–water partition coefficient (Wildman–Crippen LogP) is 3.46.